The number of carbonyl (C=O) groups is 2. The van der Waals surface area contributed by atoms with Gasteiger partial charge in [-0.05, 0) is 37.5 Å². The van der Waals surface area contributed by atoms with E-state index >= 15 is 0 Å². The molecule has 5 atom stereocenters. The second-order valence-corrected chi connectivity index (χ2v) is 7.90. The topological polar surface area (TPSA) is 87.1 Å². The lowest BCUT2D eigenvalue weighted by Crippen LogP contribution is -2.56. The smallest absolute Gasteiger partial charge is 0.326 e. The molecule has 24 heavy (non-hydrogen) atoms. The molecule has 5 unspecified atom stereocenters. The van der Waals surface area contributed by atoms with E-state index in [2.05, 4.69) is 6.92 Å². The maximum Gasteiger partial charge on any atom is 0.326 e. The Bertz CT molecular complexity index is 480. The third-order valence-electron chi connectivity index (χ3n) is 5.57. The first kappa shape index (κ1) is 19.2. The van der Waals surface area contributed by atoms with Crippen LogP contribution in [0.5, 0.6) is 0 Å². The van der Waals surface area contributed by atoms with E-state index in [9.17, 15) is 19.8 Å². The van der Waals surface area contributed by atoms with Crippen molar-refractivity contribution in [3.05, 3.63) is 0 Å². The third kappa shape index (κ3) is 3.91. The van der Waals surface area contributed by atoms with E-state index in [0.717, 1.165) is 19.3 Å². The molecular weight excluding hydrogens is 310 g/mol. The van der Waals surface area contributed by atoms with Gasteiger partial charge in [0.05, 0.1) is 12.5 Å². The lowest BCUT2D eigenvalue weighted by atomic mass is 9.79. The molecule has 2 N–H and O–H groups in total. The van der Waals surface area contributed by atoms with Gasteiger partial charge in [-0.2, -0.15) is 0 Å². The number of hydrogen-bond donors (Lipinski definition) is 2. The lowest BCUT2D eigenvalue weighted by molar-refractivity contribution is -0.300. The Hall–Kier alpha value is -1.14. The molecule has 2 heterocycles. The van der Waals surface area contributed by atoms with Gasteiger partial charge < -0.3 is 19.8 Å². The molecular formula is C18H31NO5. The molecule has 0 aromatic heterocycles. The standard InChI is InChI=1S/C18H31NO5/c1-11(2)16-12(3)9-13(4)18(23,24-16)10-15(20)19-8-6-5-7-14(19)17(21)22/h11-14,16,23H,5-10H2,1-4H3,(H,21,22). The van der Waals surface area contributed by atoms with Crippen LogP contribution >= 0.6 is 0 Å². The van der Waals surface area contributed by atoms with Crippen molar-refractivity contribution in [2.24, 2.45) is 17.8 Å². The molecule has 6 nitrogen and oxygen atoms in total. The number of aliphatic hydroxyl groups is 1. The van der Waals surface area contributed by atoms with Crippen LogP contribution in [0.1, 0.15) is 59.8 Å². The Balaban J connectivity index is 2.12. The van der Waals surface area contributed by atoms with Crippen molar-refractivity contribution in [3.8, 4) is 0 Å². The molecule has 2 fully saturated rings. The van der Waals surface area contributed by atoms with Gasteiger partial charge in [0.25, 0.3) is 0 Å². The van der Waals surface area contributed by atoms with Crippen LogP contribution in [-0.4, -0.2) is 51.5 Å². The van der Waals surface area contributed by atoms with E-state index in [4.69, 9.17) is 4.74 Å². The largest absolute Gasteiger partial charge is 0.480 e. The van der Waals surface area contributed by atoms with Gasteiger partial charge >= 0.3 is 5.97 Å². The predicted octanol–water partition coefficient (Wildman–Crippen LogP) is 2.25. The maximum atomic E-state index is 12.7. The maximum absolute atomic E-state index is 12.7. The molecule has 2 saturated heterocycles. The quantitative estimate of drug-likeness (QED) is 0.819. The Morgan fingerprint density at radius 2 is 1.96 bits per heavy atom. The number of ether oxygens (including phenoxy) is 1. The molecule has 0 aliphatic carbocycles. The number of aliphatic carboxylic acids is 1. The second kappa shape index (κ2) is 7.40. The summed E-state index contributed by atoms with van der Waals surface area (Å²) in [6.45, 7) is 8.53. The average Bonchev–Trinajstić information content (AvgIpc) is 2.51. The highest BCUT2D eigenvalue weighted by atomic mass is 16.6. The predicted molar refractivity (Wildman–Crippen MR) is 89.2 cm³/mol. The van der Waals surface area contributed by atoms with Gasteiger partial charge in [-0.3, -0.25) is 4.79 Å². The molecule has 0 bridgehead atoms. The first-order valence-electron chi connectivity index (χ1n) is 9.08. The summed E-state index contributed by atoms with van der Waals surface area (Å²) in [6.07, 6.45) is 2.60. The van der Waals surface area contributed by atoms with Gasteiger partial charge in [0.1, 0.15) is 6.04 Å². The molecule has 1 amide bonds. The molecule has 0 aromatic carbocycles. The minimum absolute atomic E-state index is 0.101. The van der Waals surface area contributed by atoms with E-state index in [1.807, 2.05) is 20.8 Å². The van der Waals surface area contributed by atoms with Crippen LogP contribution in [0.25, 0.3) is 0 Å². The normalized spacial score (nSPS) is 37.5. The van der Waals surface area contributed by atoms with Crippen molar-refractivity contribution in [2.45, 2.75) is 77.7 Å². The highest BCUT2D eigenvalue weighted by molar-refractivity contribution is 5.84. The fourth-order valence-electron chi connectivity index (χ4n) is 4.16. The molecule has 2 aliphatic rings. The molecule has 2 aliphatic heterocycles. The summed E-state index contributed by atoms with van der Waals surface area (Å²) in [5.41, 5.74) is 0. The van der Waals surface area contributed by atoms with E-state index in [-0.39, 0.29) is 30.3 Å². The molecule has 0 radical (unpaired) electrons. The molecule has 0 spiro atoms. The Labute approximate surface area is 144 Å². The van der Waals surface area contributed by atoms with Crippen molar-refractivity contribution < 1.29 is 24.5 Å². The van der Waals surface area contributed by atoms with Crippen LogP contribution in [0.3, 0.4) is 0 Å². The van der Waals surface area contributed by atoms with Crippen molar-refractivity contribution >= 4 is 11.9 Å². The minimum Gasteiger partial charge on any atom is -0.480 e. The van der Waals surface area contributed by atoms with E-state index in [1.165, 1.54) is 4.90 Å². The minimum atomic E-state index is -1.51. The number of hydrogen-bond acceptors (Lipinski definition) is 4. The zero-order valence-corrected chi connectivity index (χ0v) is 15.2. The summed E-state index contributed by atoms with van der Waals surface area (Å²) in [4.78, 5) is 25.5. The number of nitrogens with zero attached hydrogens (tertiary/aromatic N) is 1. The van der Waals surface area contributed by atoms with Crippen molar-refractivity contribution in [1.29, 1.82) is 0 Å². The zero-order valence-electron chi connectivity index (χ0n) is 15.2. The summed E-state index contributed by atoms with van der Waals surface area (Å²) in [6, 6.07) is -0.784. The van der Waals surface area contributed by atoms with Gasteiger partial charge in [-0.15, -0.1) is 0 Å². The summed E-state index contributed by atoms with van der Waals surface area (Å²) in [7, 11) is 0. The van der Waals surface area contributed by atoms with Crippen molar-refractivity contribution in [1.82, 2.24) is 4.90 Å². The summed E-state index contributed by atoms with van der Waals surface area (Å²) >= 11 is 0. The zero-order chi connectivity index (χ0) is 18.1. The fourth-order valence-corrected chi connectivity index (χ4v) is 4.16. The van der Waals surface area contributed by atoms with Gasteiger partial charge in [0, 0.05) is 12.5 Å². The van der Waals surface area contributed by atoms with Gasteiger partial charge in [-0.25, -0.2) is 4.79 Å². The average molecular weight is 341 g/mol. The number of piperidine rings is 1. The van der Waals surface area contributed by atoms with Crippen LogP contribution in [0, 0.1) is 17.8 Å². The highest BCUT2D eigenvalue weighted by Gasteiger charge is 2.47. The van der Waals surface area contributed by atoms with E-state index in [1.54, 1.807) is 0 Å². The fraction of sp³-hybridized carbons (Fsp3) is 0.889. The second-order valence-electron chi connectivity index (χ2n) is 7.90. The molecule has 6 heteroatoms. The molecule has 0 saturated carbocycles. The van der Waals surface area contributed by atoms with Crippen LogP contribution in [-0.2, 0) is 14.3 Å². The highest BCUT2D eigenvalue weighted by Crippen LogP contribution is 2.40. The van der Waals surface area contributed by atoms with E-state index in [0.29, 0.717) is 18.9 Å². The van der Waals surface area contributed by atoms with Crippen LogP contribution < -0.4 is 0 Å². The molecule has 0 aromatic rings. The summed E-state index contributed by atoms with van der Waals surface area (Å²) < 4.78 is 5.98. The number of carboxylic acid groups (broad SMARTS) is 1. The van der Waals surface area contributed by atoms with Crippen molar-refractivity contribution in [3.63, 3.8) is 0 Å². The third-order valence-corrected chi connectivity index (χ3v) is 5.57. The van der Waals surface area contributed by atoms with Crippen molar-refractivity contribution in [2.75, 3.05) is 6.54 Å². The lowest BCUT2D eigenvalue weighted by Gasteiger charge is -2.47. The number of likely N-dealkylation sites (tertiary alicyclic amines) is 1. The number of carboxylic acids is 1. The SMILES string of the molecule is CC(C)C1OC(O)(CC(=O)N2CCCCC2C(=O)O)C(C)CC1C. The van der Waals surface area contributed by atoms with Gasteiger partial charge in [-0.1, -0.05) is 27.7 Å². The Morgan fingerprint density at radius 3 is 2.54 bits per heavy atom. The van der Waals surface area contributed by atoms with Gasteiger partial charge in [0.2, 0.25) is 5.91 Å². The summed E-state index contributed by atoms with van der Waals surface area (Å²) in [5.74, 6) is -2.42. The van der Waals surface area contributed by atoms with Crippen LogP contribution in [0.2, 0.25) is 0 Å². The van der Waals surface area contributed by atoms with Crippen LogP contribution in [0.15, 0.2) is 0 Å². The first-order chi connectivity index (χ1) is 11.2. The van der Waals surface area contributed by atoms with Gasteiger partial charge in [0.15, 0.2) is 5.79 Å². The van der Waals surface area contributed by atoms with Crippen LogP contribution in [0.4, 0.5) is 0 Å². The molecule has 2 rings (SSSR count). The summed E-state index contributed by atoms with van der Waals surface area (Å²) in [5, 5.41) is 20.3. The monoisotopic (exact) mass is 341 g/mol. The molecule has 138 valence electrons. The Morgan fingerprint density at radius 1 is 1.29 bits per heavy atom. The first-order valence-corrected chi connectivity index (χ1v) is 9.08. The Kier molecular flexibility index (Phi) is 5.91. The number of amides is 1. The number of carbonyl (C=O) groups excluding carboxylic acids is 1. The van der Waals surface area contributed by atoms with E-state index < -0.39 is 17.8 Å². The number of rotatable bonds is 4.